The van der Waals surface area contributed by atoms with E-state index in [0.29, 0.717) is 0 Å². The molecule has 0 saturated carbocycles. The van der Waals surface area contributed by atoms with E-state index in [1.54, 1.807) is 0 Å². The largest absolute Gasteiger partial charge is 0.332 e. The molecule has 136 valence electrons. The molecule has 1 heterocycles. The standard InChI is InChI=1S/C25H31N/c1-4-5-6-7-8-9-12-21-15-16-23(20(2)19-21)25-24-14-11-10-13-22(24)17-18-26(25)3/h10-11,13-19H,3-9,12H2,1-2H3. The van der Waals surface area contributed by atoms with Crippen LogP contribution in [0.25, 0.3) is 22.0 Å². The van der Waals surface area contributed by atoms with Crippen molar-refractivity contribution in [3.63, 3.8) is 0 Å². The fourth-order valence-corrected chi connectivity index (χ4v) is 3.81. The molecule has 0 spiro atoms. The van der Waals surface area contributed by atoms with E-state index in [0.717, 1.165) is 0 Å². The van der Waals surface area contributed by atoms with E-state index in [-0.39, 0.29) is 0 Å². The molecule has 1 heteroatoms. The van der Waals surface area contributed by atoms with E-state index >= 15 is 0 Å². The first-order valence-corrected chi connectivity index (χ1v) is 10.0. The molecule has 0 atom stereocenters. The molecule has 0 unspecified atom stereocenters. The molecule has 0 amide bonds. The van der Waals surface area contributed by atoms with Gasteiger partial charge in [0, 0.05) is 7.05 Å². The van der Waals surface area contributed by atoms with Gasteiger partial charge in [0.2, 0.25) is 0 Å². The van der Waals surface area contributed by atoms with Gasteiger partial charge in [-0.1, -0.05) is 81.5 Å². The zero-order valence-corrected chi connectivity index (χ0v) is 16.3. The Balaban J connectivity index is 1.77. The van der Waals surface area contributed by atoms with Crippen LogP contribution in [0.5, 0.6) is 0 Å². The number of aryl methyl sites for hydroxylation is 2. The predicted molar refractivity (Wildman–Crippen MR) is 112 cm³/mol. The highest BCUT2D eigenvalue weighted by molar-refractivity contribution is 5.93. The first kappa shape index (κ1) is 18.5. The van der Waals surface area contributed by atoms with Crippen LogP contribution >= 0.6 is 0 Å². The average molecular weight is 346 g/mol. The third-order valence-electron chi connectivity index (χ3n) is 5.30. The number of aromatic nitrogens is 1. The highest BCUT2D eigenvalue weighted by atomic mass is 14.9. The Morgan fingerprint density at radius 2 is 1.65 bits per heavy atom. The lowest BCUT2D eigenvalue weighted by Gasteiger charge is -2.15. The van der Waals surface area contributed by atoms with Crippen LogP contribution in [0, 0.1) is 14.0 Å². The third-order valence-corrected chi connectivity index (χ3v) is 5.30. The van der Waals surface area contributed by atoms with Gasteiger partial charge in [0.15, 0.2) is 0 Å². The molecule has 26 heavy (non-hydrogen) atoms. The Morgan fingerprint density at radius 1 is 0.885 bits per heavy atom. The molecule has 0 saturated heterocycles. The van der Waals surface area contributed by atoms with Crippen molar-refractivity contribution >= 4 is 10.8 Å². The van der Waals surface area contributed by atoms with Gasteiger partial charge in [-0.05, 0) is 53.3 Å². The molecule has 0 radical (unpaired) electrons. The smallest absolute Gasteiger partial charge is 0.120 e. The third kappa shape index (κ3) is 4.27. The maximum Gasteiger partial charge on any atom is 0.120 e. The van der Waals surface area contributed by atoms with Crippen molar-refractivity contribution in [3.8, 4) is 11.3 Å². The van der Waals surface area contributed by atoms with Gasteiger partial charge in [0.25, 0.3) is 0 Å². The lowest BCUT2D eigenvalue weighted by Crippen LogP contribution is -2.28. The van der Waals surface area contributed by atoms with Crippen molar-refractivity contribution in [1.82, 2.24) is 0 Å². The van der Waals surface area contributed by atoms with Crippen molar-refractivity contribution in [1.29, 1.82) is 0 Å². The molecule has 1 nitrogen and oxygen atoms in total. The molecular weight excluding hydrogens is 314 g/mol. The minimum absolute atomic E-state index is 1.19. The minimum Gasteiger partial charge on any atom is -0.332 e. The van der Waals surface area contributed by atoms with Gasteiger partial charge in [0.1, 0.15) is 5.69 Å². The molecule has 3 rings (SSSR count). The van der Waals surface area contributed by atoms with Gasteiger partial charge in [0.05, 0.1) is 6.20 Å². The summed E-state index contributed by atoms with van der Waals surface area (Å²) in [5.74, 6) is 0. The Labute approximate surface area is 158 Å². The summed E-state index contributed by atoms with van der Waals surface area (Å²) in [6.07, 6.45) is 11.4. The highest BCUT2D eigenvalue weighted by Crippen LogP contribution is 2.28. The number of rotatable bonds is 8. The van der Waals surface area contributed by atoms with E-state index in [4.69, 9.17) is 0 Å². The fraction of sp³-hybridized carbons (Fsp3) is 0.360. The van der Waals surface area contributed by atoms with Crippen LogP contribution in [0.1, 0.15) is 56.6 Å². The number of hydrogen-bond donors (Lipinski definition) is 0. The maximum atomic E-state index is 4.21. The van der Waals surface area contributed by atoms with Crippen molar-refractivity contribution in [2.45, 2.75) is 58.8 Å². The quantitative estimate of drug-likeness (QED) is 0.244. The zero-order chi connectivity index (χ0) is 18.4. The monoisotopic (exact) mass is 345 g/mol. The van der Waals surface area contributed by atoms with Crippen LogP contribution in [-0.4, -0.2) is 0 Å². The second-order valence-electron chi connectivity index (χ2n) is 7.39. The topological polar surface area (TPSA) is 3.88 Å². The van der Waals surface area contributed by atoms with Gasteiger partial charge in [-0.25, -0.2) is 0 Å². The second kappa shape index (κ2) is 8.89. The number of nitrogens with zero attached hydrogens (tertiary/aromatic N) is 1. The van der Waals surface area contributed by atoms with Gasteiger partial charge in [-0.3, -0.25) is 0 Å². The first-order valence-electron chi connectivity index (χ1n) is 10.0. The van der Waals surface area contributed by atoms with E-state index in [1.807, 2.05) is 4.57 Å². The molecule has 0 N–H and O–H groups in total. The van der Waals surface area contributed by atoms with Gasteiger partial charge in [-0.2, -0.15) is 0 Å². The molecule has 1 aromatic heterocycles. The maximum absolute atomic E-state index is 4.21. The van der Waals surface area contributed by atoms with Crippen molar-refractivity contribution in [2.75, 3.05) is 0 Å². The number of pyridine rings is 1. The Bertz CT molecular complexity index is 863. The Morgan fingerprint density at radius 3 is 2.46 bits per heavy atom. The molecule has 0 aliphatic carbocycles. The summed E-state index contributed by atoms with van der Waals surface area (Å²) in [5, 5.41) is 2.52. The van der Waals surface area contributed by atoms with Crippen LogP contribution in [0.4, 0.5) is 0 Å². The summed E-state index contributed by atoms with van der Waals surface area (Å²) < 4.78 is 2.00. The molecular formula is C25H31N. The zero-order valence-electron chi connectivity index (χ0n) is 16.3. The van der Waals surface area contributed by atoms with Gasteiger partial charge < -0.3 is 4.57 Å². The van der Waals surface area contributed by atoms with E-state index in [9.17, 15) is 0 Å². The number of hydrogen-bond acceptors (Lipinski definition) is 0. The van der Waals surface area contributed by atoms with Crippen molar-refractivity contribution in [2.24, 2.45) is 0 Å². The van der Waals surface area contributed by atoms with Crippen LogP contribution < -0.4 is 4.57 Å². The molecule has 0 fully saturated rings. The number of benzene rings is 2. The van der Waals surface area contributed by atoms with Crippen LogP contribution in [0.2, 0.25) is 0 Å². The Kier molecular flexibility index (Phi) is 6.33. The summed E-state index contributed by atoms with van der Waals surface area (Å²) in [6.45, 7) is 4.50. The number of unbranched alkanes of at least 4 members (excludes halogenated alkanes) is 5. The Hall–Kier alpha value is -2.28. The fourth-order valence-electron chi connectivity index (χ4n) is 3.81. The van der Waals surface area contributed by atoms with E-state index < -0.39 is 0 Å². The lowest BCUT2D eigenvalue weighted by molar-refractivity contribution is -0.599. The van der Waals surface area contributed by atoms with Gasteiger partial charge in [-0.15, -0.1) is 0 Å². The first-order chi connectivity index (χ1) is 12.7. The molecule has 0 bridgehead atoms. The summed E-state index contributed by atoms with van der Waals surface area (Å²) in [4.78, 5) is 0. The van der Waals surface area contributed by atoms with E-state index in [2.05, 4.69) is 75.6 Å². The lowest BCUT2D eigenvalue weighted by atomic mass is 9.96. The van der Waals surface area contributed by atoms with Gasteiger partial charge >= 0.3 is 0 Å². The van der Waals surface area contributed by atoms with Crippen molar-refractivity contribution in [3.05, 3.63) is 72.9 Å². The summed E-state index contributed by atoms with van der Waals surface area (Å²) in [7, 11) is 4.21. The highest BCUT2D eigenvalue weighted by Gasteiger charge is 2.11. The van der Waals surface area contributed by atoms with E-state index in [1.165, 1.54) is 78.1 Å². The molecule has 0 aliphatic rings. The van der Waals surface area contributed by atoms with Crippen LogP contribution in [0.3, 0.4) is 0 Å². The normalized spacial score (nSPS) is 11.2. The minimum atomic E-state index is 1.19. The average Bonchev–Trinajstić information content (AvgIpc) is 2.65. The molecule has 2 aromatic carbocycles. The molecule has 0 aliphatic heterocycles. The SMILES string of the molecule is [CH2-][n+]1ccc2ccccc2c1-c1ccc(CCCCCCCC)cc1C. The second-order valence-corrected chi connectivity index (χ2v) is 7.39. The number of fused-ring (bicyclic) bond motifs is 1. The van der Waals surface area contributed by atoms with Crippen LogP contribution in [-0.2, 0) is 6.42 Å². The van der Waals surface area contributed by atoms with Crippen LogP contribution in [0.15, 0.2) is 54.7 Å². The van der Waals surface area contributed by atoms with Crippen molar-refractivity contribution < 1.29 is 4.57 Å². The summed E-state index contributed by atoms with van der Waals surface area (Å²) >= 11 is 0. The summed E-state index contributed by atoms with van der Waals surface area (Å²) in [5.41, 5.74) is 5.27. The molecule has 3 aromatic rings. The summed E-state index contributed by atoms with van der Waals surface area (Å²) in [6, 6.07) is 17.6. The predicted octanol–water partition coefficient (Wildman–Crippen LogP) is 6.65.